The molecule has 1 amide bonds. The van der Waals surface area contributed by atoms with E-state index in [0.29, 0.717) is 5.69 Å². The highest BCUT2D eigenvalue weighted by Crippen LogP contribution is 2.47. The van der Waals surface area contributed by atoms with Crippen LogP contribution < -0.4 is 15.6 Å². The summed E-state index contributed by atoms with van der Waals surface area (Å²) in [5.41, 5.74) is 2.13. The molecule has 8 heteroatoms. The summed E-state index contributed by atoms with van der Waals surface area (Å²) in [4.78, 5) is 28.0. The van der Waals surface area contributed by atoms with Gasteiger partial charge in [-0.1, -0.05) is 27.7 Å². The van der Waals surface area contributed by atoms with Gasteiger partial charge in [-0.15, -0.1) is 0 Å². The molecular weight excluding hydrogens is 374 g/mol. The van der Waals surface area contributed by atoms with Gasteiger partial charge in [-0.05, 0) is 63.0 Å². The van der Waals surface area contributed by atoms with E-state index >= 15 is 0 Å². The Morgan fingerprint density at radius 3 is 2.28 bits per heavy atom. The Labute approximate surface area is 172 Å². The Balaban J connectivity index is 2.12. The fourth-order valence-electron chi connectivity index (χ4n) is 4.42. The number of carbonyl (C=O) groups excluding carboxylic acids is 1. The molecule has 0 radical (unpaired) electrons. The lowest BCUT2D eigenvalue weighted by Crippen LogP contribution is -2.40. The molecule has 0 bridgehead atoms. The van der Waals surface area contributed by atoms with E-state index in [9.17, 15) is 14.9 Å². The summed E-state index contributed by atoms with van der Waals surface area (Å²) in [6.07, 6.45) is 2.22. The second-order valence-corrected chi connectivity index (χ2v) is 10.4. The predicted octanol–water partition coefficient (Wildman–Crippen LogP) is 5.43. The first kappa shape index (κ1) is 22.8. The predicted molar refractivity (Wildman–Crippen MR) is 112 cm³/mol. The van der Waals surface area contributed by atoms with Crippen molar-refractivity contribution in [1.29, 1.82) is 0 Å². The standard InChI is InChI=1S/C21H33N3O5/c1-19(2,3)28-18(25)23-29-15-8-9-16(17(10-15)24(26)27)22-14-11-20(4,5)13-21(6,7)12-14/h8-10,14,22H,11-13H2,1-7H3,(H,23,25). The van der Waals surface area contributed by atoms with Crippen molar-refractivity contribution >= 4 is 17.5 Å². The van der Waals surface area contributed by atoms with E-state index in [2.05, 4.69) is 38.5 Å². The number of rotatable bonds is 5. The lowest BCUT2D eigenvalue weighted by atomic mass is 9.63. The van der Waals surface area contributed by atoms with Crippen LogP contribution in [0, 0.1) is 20.9 Å². The number of nitro groups is 1. The number of carbonyl (C=O) groups is 1. The van der Waals surface area contributed by atoms with Crippen LogP contribution in [0.3, 0.4) is 0 Å². The number of nitrogens with one attached hydrogen (secondary N) is 2. The Morgan fingerprint density at radius 2 is 1.76 bits per heavy atom. The van der Waals surface area contributed by atoms with Gasteiger partial charge in [0.2, 0.25) is 0 Å². The molecule has 162 valence electrons. The van der Waals surface area contributed by atoms with E-state index in [1.54, 1.807) is 32.9 Å². The number of ether oxygens (including phenoxy) is 1. The van der Waals surface area contributed by atoms with Crippen molar-refractivity contribution in [3.63, 3.8) is 0 Å². The fourth-order valence-corrected chi connectivity index (χ4v) is 4.42. The molecule has 0 atom stereocenters. The first-order valence-electron chi connectivity index (χ1n) is 9.87. The van der Waals surface area contributed by atoms with Gasteiger partial charge in [-0.25, -0.2) is 4.79 Å². The quantitative estimate of drug-likeness (QED) is 0.498. The highest BCUT2D eigenvalue weighted by molar-refractivity contribution is 5.67. The van der Waals surface area contributed by atoms with Crippen molar-refractivity contribution in [2.75, 3.05) is 5.32 Å². The van der Waals surface area contributed by atoms with Crippen LogP contribution in [0.2, 0.25) is 0 Å². The number of anilines is 1. The van der Waals surface area contributed by atoms with Gasteiger partial charge < -0.3 is 14.9 Å². The molecule has 0 saturated heterocycles. The Bertz CT molecular complexity index is 752. The lowest BCUT2D eigenvalue weighted by molar-refractivity contribution is -0.384. The molecule has 1 aliphatic carbocycles. The smallest absolute Gasteiger partial charge is 0.441 e. The number of nitrogens with zero attached hydrogens (tertiary/aromatic N) is 1. The molecule has 0 heterocycles. The van der Waals surface area contributed by atoms with Gasteiger partial charge in [0.1, 0.15) is 11.3 Å². The SMILES string of the molecule is CC1(C)CC(Nc2ccc(ONC(=O)OC(C)(C)C)cc2[N+](=O)[O-])CC(C)(C)C1. The van der Waals surface area contributed by atoms with Gasteiger partial charge in [0, 0.05) is 6.04 Å². The van der Waals surface area contributed by atoms with Crippen LogP contribution in [0.15, 0.2) is 18.2 Å². The van der Waals surface area contributed by atoms with E-state index in [1.165, 1.54) is 6.07 Å². The third-order valence-corrected chi connectivity index (χ3v) is 4.73. The second-order valence-electron chi connectivity index (χ2n) is 10.4. The summed E-state index contributed by atoms with van der Waals surface area (Å²) in [5.74, 6) is 0.150. The average Bonchev–Trinajstić information content (AvgIpc) is 2.48. The van der Waals surface area contributed by atoms with Gasteiger partial charge in [0.05, 0.1) is 11.0 Å². The maximum atomic E-state index is 11.7. The zero-order valence-corrected chi connectivity index (χ0v) is 18.4. The topological polar surface area (TPSA) is 103 Å². The van der Waals surface area contributed by atoms with Crippen molar-refractivity contribution in [1.82, 2.24) is 5.48 Å². The van der Waals surface area contributed by atoms with Gasteiger partial charge >= 0.3 is 6.09 Å². The molecule has 1 aliphatic rings. The van der Waals surface area contributed by atoms with E-state index in [-0.39, 0.29) is 28.3 Å². The van der Waals surface area contributed by atoms with Crippen molar-refractivity contribution in [3.8, 4) is 5.75 Å². The number of hydrogen-bond donors (Lipinski definition) is 2. The fraction of sp³-hybridized carbons (Fsp3) is 0.667. The highest BCUT2D eigenvalue weighted by Gasteiger charge is 2.38. The molecular formula is C21H33N3O5. The Kier molecular flexibility index (Phi) is 6.35. The maximum absolute atomic E-state index is 11.7. The summed E-state index contributed by atoms with van der Waals surface area (Å²) in [6.45, 7) is 14.1. The summed E-state index contributed by atoms with van der Waals surface area (Å²) >= 11 is 0. The molecule has 0 unspecified atom stereocenters. The van der Waals surface area contributed by atoms with Crippen LogP contribution in [0.25, 0.3) is 0 Å². The molecule has 1 aromatic carbocycles. The van der Waals surface area contributed by atoms with Crippen molar-refractivity contribution < 1.29 is 19.3 Å². The van der Waals surface area contributed by atoms with Crippen molar-refractivity contribution in [2.45, 2.75) is 79.4 Å². The number of amides is 1. The molecule has 1 aromatic rings. The molecule has 0 spiro atoms. The highest BCUT2D eigenvalue weighted by atomic mass is 16.7. The van der Waals surface area contributed by atoms with Crippen LogP contribution in [0.4, 0.5) is 16.2 Å². The first-order chi connectivity index (χ1) is 13.2. The summed E-state index contributed by atoms with van der Waals surface area (Å²) < 4.78 is 5.08. The molecule has 1 saturated carbocycles. The Hall–Kier alpha value is -2.51. The summed E-state index contributed by atoms with van der Waals surface area (Å²) in [7, 11) is 0. The minimum absolute atomic E-state index is 0.102. The van der Waals surface area contributed by atoms with Crippen LogP contribution in [0.1, 0.15) is 67.7 Å². The second kappa shape index (κ2) is 8.08. The molecule has 8 nitrogen and oxygen atoms in total. The van der Waals surface area contributed by atoms with Crippen molar-refractivity contribution in [3.05, 3.63) is 28.3 Å². The molecule has 2 N–H and O–H groups in total. The molecule has 29 heavy (non-hydrogen) atoms. The largest absolute Gasteiger partial charge is 0.442 e. The number of nitro benzene ring substituents is 1. The van der Waals surface area contributed by atoms with E-state index < -0.39 is 16.6 Å². The van der Waals surface area contributed by atoms with Crippen LogP contribution in [-0.4, -0.2) is 22.7 Å². The van der Waals surface area contributed by atoms with Crippen LogP contribution >= 0.6 is 0 Å². The van der Waals surface area contributed by atoms with Gasteiger partial charge in [-0.2, -0.15) is 5.48 Å². The summed E-state index contributed by atoms with van der Waals surface area (Å²) in [5, 5.41) is 15.0. The normalized spacial score (nSPS) is 18.6. The Morgan fingerprint density at radius 1 is 1.17 bits per heavy atom. The van der Waals surface area contributed by atoms with E-state index in [0.717, 1.165) is 19.3 Å². The van der Waals surface area contributed by atoms with Crippen LogP contribution in [-0.2, 0) is 4.74 Å². The molecule has 0 aliphatic heterocycles. The maximum Gasteiger partial charge on any atom is 0.441 e. The zero-order valence-electron chi connectivity index (χ0n) is 18.4. The molecule has 0 aromatic heterocycles. The lowest BCUT2D eigenvalue weighted by Gasteiger charge is -2.45. The van der Waals surface area contributed by atoms with Gasteiger partial charge in [-0.3, -0.25) is 10.1 Å². The van der Waals surface area contributed by atoms with Crippen LogP contribution in [0.5, 0.6) is 5.75 Å². The first-order valence-corrected chi connectivity index (χ1v) is 9.87. The zero-order chi connectivity index (χ0) is 22.0. The molecule has 2 rings (SSSR count). The minimum Gasteiger partial charge on any atom is -0.442 e. The molecule has 1 fully saturated rings. The monoisotopic (exact) mass is 407 g/mol. The number of benzene rings is 1. The summed E-state index contributed by atoms with van der Waals surface area (Å²) in [6, 6.07) is 4.61. The van der Waals surface area contributed by atoms with Gasteiger partial charge in [0.25, 0.3) is 5.69 Å². The van der Waals surface area contributed by atoms with E-state index in [4.69, 9.17) is 9.57 Å². The number of hydrogen-bond acceptors (Lipinski definition) is 6. The van der Waals surface area contributed by atoms with E-state index in [1.807, 2.05) is 0 Å². The van der Waals surface area contributed by atoms with Crippen molar-refractivity contribution in [2.24, 2.45) is 10.8 Å². The third kappa shape index (κ3) is 7.11. The van der Waals surface area contributed by atoms with Gasteiger partial charge in [0.15, 0.2) is 5.75 Å². The number of hydroxylamine groups is 1. The third-order valence-electron chi connectivity index (χ3n) is 4.73. The minimum atomic E-state index is -0.769. The average molecular weight is 408 g/mol.